The highest BCUT2D eigenvalue weighted by atomic mass is 16.6. The normalized spacial score (nSPS) is 10.4. The molecule has 0 aromatic carbocycles. The molecule has 0 unspecified atom stereocenters. The van der Waals surface area contributed by atoms with Crippen LogP contribution in [0, 0.1) is 0 Å². The van der Waals surface area contributed by atoms with Crippen LogP contribution in [-0.4, -0.2) is 12.1 Å². The molecule has 4 heteroatoms. The predicted molar refractivity (Wildman–Crippen MR) is 39.7 cm³/mol. The van der Waals surface area contributed by atoms with Crippen LogP contribution in [0.5, 0.6) is 0 Å². The molecule has 0 aliphatic carbocycles. The van der Waals surface area contributed by atoms with Gasteiger partial charge in [0.2, 0.25) is 0 Å². The van der Waals surface area contributed by atoms with Gasteiger partial charge in [0.05, 0.1) is 19.9 Å². The number of rotatable bonds is 4. The van der Waals surface area contributed by atoms with E-state index in [1.54, 1.807) is 13.3 Å². The lowest BCUT2D eigenvalue weighted by Gasteiger charge is -1.95. The van der Waals surface area contributed by atoms with Crippen LogP contribution in [0.1, 0.15) is 18.6 Å². The van der Waals surface area contributed by atoms with Crippen molar-refractivity contribution in [1.82, 2.24) is 10.5 Å². The van der Waals surface area contributed by atoms with Crippen molar-refractivity contribution in [3.05, 3.63) is 17.8 Å². The number of nitrogens with zero attached hydrogens (tertiary/aromatic N) is 1. The summed E-state index contributed by atoms with van der Waals surface area (Å²) in [6, 6.07) is 0. The molecule has 0 saturated heterocycles. The zero-order valence-electron chi connectivity index (χ0n) is 6.76. The van der Waals surface area contributed by atoms with E-state index in [2.05, 4.69) is 15.3 Å². The highest BCUT2D eigenvalue weighted by molar-refractivity contribution is 4.92. The van der Waals surface area contributed by atoms with Gasteiger partial charge in [0, 0.05) is 6.42 Å². The summed E-state index contributed by atoms with van der Waals surface area (Å²) in [5.74, 6) is 1.56. The summed E-state index contributed by atoms with van der Waals surface area (Å²) in [6.45, 7) is 2.56. The Hall–Kier alpha value is -0.870. The summed E-state index contributed by atoms with van der Waals surface area (Å²) in [4.78, 5) is 8.68. The van der Waals surface area contributed by atoms with Gasteiger partial charge >= 0.3 is 0 Å². The Kier molecular flexibility index (Phi) is 3.07. The largest absolute Gasteiger partial charge is 0.444 e. The molecule has 0 aliphatic heterocycles. The van der Waals surface area contributed by atoms with Gasteiger partial charge < -0.3 is 9.25 Å². The van der Waals surface area contributed by atoms with Gasteiger partial charge in [0.25, 0.3) is 0 Å². The van der Waals surface area contributed by atoms with Crippen molar-refractivity contribution in [3.8, 4) is 0 Å². The van der Waals surface area contributed by atoms with E-state index in [1.807, 2.05) is 6.92 Å². The first-order valence-corrected chi connectivity index (χ1v) is 3.56. The molecule has 1 rings (SSSR count). The Morgan fingerprint density at radius 2 is 2.55 bits per heavy atom. The summed E-state index contributed by atoms with van der Waals surface area (Å²) in [7, 11) is 1.57. The van der Waals surface area contributed by atoms with Crippen molar-refractivity contribution in [3.63, 3.8) is 0 Å². The number of hydrogen-bond donors (Lipinski definition) is 1. The number of hydrogen-bond acceptors (Lipinski definition) is 4. The number of aryl methyl sites for hydroxylation is 1. The van der Waals surface area contributed by atoms with Gasteiger partial charge in [-0.05, 0) is 0 Å². The van der Waals surface area contributed by atoms with E-state index in [-0.39, 0.29) is 0 Å². The molecule has 0 spiro atoms. The summed E-state index contributed by atoms with van der Waals surface area (Å²) in [5, 5.41) is 0. The smallest absolute Gasteiger partial charge is 0.194 e. The van der Waals surface area contributed by atoms with Crippen molar-refractivity contribution >= 4 is 0 Å². The van der Waals surface area contributed by atoms with Gasteiger partial charge in [0.15, 0.2) is 5.89 Å². The van der Waals surface area contributed by atoms with Crippen LogP contribution in [0.2, 0.25) is 0 Å². The van der Waals surface area contributed by atoms with Gasteiger partial charge in [-0.3, -0.25) is 0 Å². The maximum absolute atomic E-state index is 5.28. The molecular formula is C7H12N2O2. The second-order valence-corrected chi connectivity index (χ2v) is 2.10. The molecule has 0 aliphatic rings. The van der Waals surface area contributed by atoms with Crippen molar-refractivity contribution in [2.45, 2.75) is 19.9 Å². The first-order valence-electron chi connectivity index (χ1n) is 3.56. The van der Waals surface area contributed by atoms with Crippen LogP contribution in [0.15, 0.2) is 10.6 Å². The monoisotopic (exact) mass is 156 g/mol. The molecule has 4 nitrogen and oxygen atoms in total. The molecule has 0 saturated carbocycles. The van der Waals surface area contributed by atoms with Crippen LogP contribution in [0.4, 0.5) is 0 Å². The van der Waals surface area contributed by atoms with E-state index in [9.17, 15) is 0 Å². The zero-order chi connectivity index (χ0) is 8.10. The van der Waals surface area contributed by atoms with E-state index < -0.39 is 0 Å². The minimum Gasteiger partial charge on any atom is -0.444 e. The van der Waals surface area contributed by atoms with Gasteiger partial charge in [-0.25, -0.2) is 4.98 Å². The van der Waals surface area contributed by atoms with E-state index in [0.717, 1.165) is 18.1 Å². The fraction of sp³-hybridized carbons (Fsp3) is 0.571. The second kappa shape index (κ2) is 4.10. The second-order valence-electron chi connectivity index (χ2n) is 2.10. The van der Waals surface area contributed by atoms with Crippen LogP contribution >= 0.6 is 0 Å². The topological polar surface area (TPSA) is 47.3 Å². The molecule has 1 aromatic heterocycles. The summed E-state index contributed by atoms with van der Waals surface area (Å²) >= 11 is 0. The molecular weight excluding hydrogens is 144 g/mol. The number of hydroxylamine groups is 1. The fourth-order valence-corrected chi connectivity index (χ4v) is 0.737. The van der Waals surface area contributed by atoms with Gasteiger partial charge in [-0.15, -0.1) is 0 Å². The first-order chi connectivity index (χ1) is 5.36. The molecule has 1 aromatic rings. The van der Waals surface area contributed by atoms with E-state index in [0.29, 0.717) is 6.54 Å². The lowest BCUT2D eigenvalue weighted by atomic mass is 10.5. The highest BCUT2D eigenvalue weighted by Crippen LogP contribution is 2.02. The van der Waals surface area contributed by atoms with E-state index in [1.165, 1.54) is 0 Å². The molecule has 1 N–H and O–H groups in total. The van der Waals surface area contributed by atoms with Crippen molar-refractivity contribution < 1.29 is 9.25 Å². The molecule has 1 heterocycles. The quantitative estimate of drug-likeness (QED) is 0.657. The third-order valence-electron chi connectivity index (χ3n) is 1.29. The van der Waals surface area contributed by atoms with Gasteiger partial charge in [-0.2, -0.15) is 5.48 Å². The minimum atomic E-state index is 0.559. The van der Waals surface area contributed by atoms with Crippen molar-refractivity contribution in [2.75, 3.05) is 7.11 Å². The molecule has 0 atom stereocenters. The predicted octanol–water partition coefficient (Wildman–Crippen LogP) is 0.888. The molecule has 11 heavy (non-hydrogen) atoms. The zero-order valence-corrected chi connectivity index (χ0v) is 6.76. The summed E-state index contributed by atoms with van der Waals surface area (Å²) in [6.07, 6.45) is 2.53. The van der Waals surface area contributed by atoms with Gasteiger partial charge in [-0.1, -0.05) is 6.92 Å². The molecule has 0 amide bonds. The Balaban J connectivity index is 2.44. The number of aromatic nitrogens is 1. The Labute approximate surface area is 65.5 Å². The maximum Gasteiger partial charge on any atom is 0.194 e. The SMILES string of the molecule is CCc1ncc(CNOC)o1. The Morgan fingerprint density at radius 3 is 3.09 bits per heavy atom. The number of nitrogens with one attached hydrogen (secondary N) is 1. The molecule has 62 valence electrons. The Morgan fingerprint density at radius 1 is 1.73 bits per heavy atom. The molecule has 0 radical (unpaired) electrons. The number of oxazole rings is 1. The molecule has 0 bridgehead atoms. The lowest BCUT2D eigenvalue weighted by molar-refractivity contribution is 0.0815. The van der Waals surface area contributed by atoms with Crippen LogP contribution in [-0.2, 0) is 17.8 Å². The van der Waals surface area contributed by atoms with Crippen LogP contribution in [0.25, 0.3) is 0 Å². The first kappa shape index (κ1) is 8.23. The Bertz CT molecular complexity index is 210. The standard InChI is InChI=1S/C7H12N2O2/c1-3-7-8-4-6(11-7)5-9-10-2/h4,9H,3,5H2,1-2H3. The fourth-order valence-electron chi connectivity index (χ4n) is 0.737. The van der Waals surface area contributed by atoms with Crippen LogP contribution in [0.3, 0.4) is 0 Å². The maximum atomic E-state index is 5.28. The molecule has 0 fully saturated rings. The van der Waals surface area contributed by atoms with Crippen LogP contribution < -0.4 is 5.48 Å². The van der Waals surface area contributed by atoms with Crippen molar-refractivity contribution in [2.24, 2.45) is 0 Å². The van der Waals surface area contributed by atoms with E-state index >= 15 is 0 Å². The average Bonchev–Trinajstić information content (AvgIpc) is 2.48. The highest BCUT2D eigenvalue weighted by Gasteiger charge is 1.99. The lowest BCUT2D eigenvalue weighted by Crippen LogP contribution is -2.09. The average molecular weight is 156 g/mol. The summed E-state index contributed by atoms with van der Waals surface area (Å²) < 4.78 is 5.28. The van der Waals surface area contributed by atoms with Gasteiger partial charge in [0.1, 0.15) is 5.76 Å². The van der Waals surface area contributed by atoms with Crippen molar-refractivity contribution in [1.29, 1.82) is 0 Å². The summed E-state index contributed by atoms with van der Waals surface area (Å²) in [5.41, 5.74) is 2.67. The minimum absolute atomic E-state index is 0.559. The third-order valence-corrected chi connectivity index (χ3v) is 1.29. The third kappa shape index (κ3) is 2.32. The van der Waals surface area contributed by atoms with E-state index in [4.69, 9.17) is 4.42 Å².